The van der Waals surface area contributed by atoms with Crippen molar-refractivity contribution in [3.63, 3.8) is 0 Å². The molecule has 4 aliphatic carbocycles. The van der Waals surface area contributed by atoms with Crippen LogP contribution in [0.15, 0.2) is 5.16 Å². The molecule has 0 saturated heterocycles. The van der Waals surface area contributed by atoms with E-state index < -0.39 is 6.17 Å². The van der Waals surface area contributed by atoms with Crippen LogP contribution in [0.4, 0.5) is 4.39 Å². The highest BCUT2D eigenvalue weighted by Crippen LogP contribution is 2.66. The lowest BCUT2D eigenvalue weighted by Gasteiger charge is -2.60. The fourth-order valence-corrected chi connectivity index (χ4v) is 7.32. The van der Waals surface area contributed by atoms with Crippen molar-refractivity contribution in [2.45, 2.75) is 77.5 Å². The van der Waals surface area contributed by atoms with Crippen LogP contribution in [0.1, 0.15) is 65.2 Å². The summed E-state index contributed by atoms with van der Waals surface area (Å²) in [6.45, 7) is 5.40. The number of oxime groups is 1. The van der Waals surface area contributed by atoms with Crippen LogP contribution in [0.5, 0.6) is 0 Å². The number of halogens is 1. The van der Waals surface area contributed by atoms with Crippen LogP contribution in [-0.4, -0.2) is 36.2 Å². The average molecular weight is 367 g/mol. The van der Waals surface area contributed by atoms with E-state index in [9.17, 15) is 9.50 Å². The molecule has 0 bridgehead atoms. The highest BCUT2D eigenvalue weighted by atomic mass is 19.1. The second kappa shape index (κ2) is 6.73. The number of fused-ring (bicyclic) bond motifs is 5. The van der Waals surface area contributed by atoms with Crippen LogP contribution < -0.4 is 5.73 Å². The number of aliphatic hydroxyl groups is 1. The van der Waals surface area contributed by atoms with Gasteiger partial charge in [0.1, 0.15) is 12.8 Å². The molecule has 4 rings (SSSR count). The Labute approximate surface area is 156 Å². The molecule has 0 aliphatic heterocycles. The Morgan fingerprint density at radius 2 is 1.92 bits per heavy atom. The van der Waals surface area contributed by atoms with E-state index in [2.05, 4.69) is 19.0 Å². The normalized spacial score (nSPS) is 52.3. The van der Waals surface area contributed by atoms with Gasteiger partial charge in [-0.3, -0.25) is 0 Å². The molecule has 4 saturated carbocycles. The monoisotopic (exact) mass is 366 g/mol. The van der Waals surface area contributed by atoms with E-state index in [1.807, 2.05) is 0 Å². The molecule has 0 aromatic heterocycles. The van der Waals surface area contributed by atoms with Gasteiger partial charge in [0, 0.05) is 6.54 Å². The molecular weight excluding hydrogens is 331 g/mol. The molecule has 0 radical (unpaired) electrons. The largest absolute Gasteiger partial charge is 0.394 e. The summed E-state index contributed by atoms with van der Waals surface area (Å²) in [6.07, 6.45) is 6.90. The summed E-state index contributed by atoms with van der Waals surface area (Å²) in [7, 11) is 0. The quantitative estimate of drug-likeness (QED) is 0.591. The van der Waals surface area contributed by atoms with Crippen LogP contribution in [-0.2, 0) is 4.84 Å². The van der Waals surface area contributed by atoms with Gasteiger partial charge in [0.25, 0.3) is 0 Å². The first kappa shape index (κ1) is 18.7. The minimum atomic E-state index is -0.991. The van der Waals surface area contributed by atoms with Gasteiger partial charge in [-0.2, -0.15) is 0 Å². The molecule has 0 spiro atoms. The number of rotatable bonds is 3. The van der Waals surface area contributed by atoms with Gasteiger partial charge in [0.05, 0.1) is 11.8 Å². The van der Waals surface area contributed by atoms with Crippen molar-refractivity contribution in [2.75, 3.05) is 13.2 Å². The van der Waals surface area contributed by atoms with Crippen LogP contribution in [0, 0.1) is 34.5 Å². The van der Waals surface area contributed by atoms with Crippen molar-refractivity contribution in [1.29, 1.82) is 0 Å². The Kier molecular flexibility index (Phi) is 4.84. The molecule has 26 heavy (non-hydrogen) atoms. The topological polar surface area (TPSA) is 67.8 Å². The van der Waals surface area contributed by atoms with Crippen molar-refractivity contribution >= 4 is 5.71 Å². The summed E-state index contributed by atoms with van der Waals surface area (Å²) in [6, 6.07) is 0. The fourth-order valence-electron chi connectivity index (χ4n) is 7.32. The lowest BCUT2D eigenvalue weighted by Crippen LogP contribution is -2.55. The van der Waals surface area contributed by atoms with Gasteiger partial charge < -0.3 is 15.7 Å². The van der Waals surface area contributed by atoms with Gasteiger partial charge in [-0.05, 0) is 85.9 Å². The fraction of sp³-hybridized carbons (Fsp3) is 0.952. The lowest BCUT2D eigenvalue weighted by atomic mass is 9.45. The highest BCUT2D eigenvalue weighted by Gasteiger charge is 2.60. The van der Waals surface area contributed by atoms with Crippen molar-refractivity contribution in [1.82, 2.24) is 0 Å². The van der Waals surface area contributed by atoms with Crippen LogP contribution in [0.2, 0.25) is 0 Å². The van der Waals surface area contributed by atoms with Crippen LogP contribution in [0.3, 0.4) is 0 Å². The third-order valence-corrected chi connectivity index (χ3v) is 8.84. The minimum Gasteiger partial charge on any atom is -0.394 e. The number of aliphatic hydroxyl groups excluding tert-OH is 1. The van der Waals surface area contributed by atoms with E-state index in [4.69, 9.17) is 10.6 Å². The maximum absolute atomic E-state index is 15.0. The predicted octanol–water partition coefficient (Wildman–Crippen LogP) is 3.67. The van der Waals surface area contributed by atoms with Crippen LogP contribution in [0.25, 0.3) is 0 Å². The summed E-state index contributed by atoms with van der Waals surface area (Å²) in [5.74, 6) is 2.38. The average Bonchev–Trinajstić information content (AvgIpc) is 2.91. The first-order valence-corrected chi connectivity index (χ1v) is 10.6. The van der Waals surface area contributed by atoms with E-state index in [-0.39, 0.29) is 16.9 Å². The minimum absolute atomic E-state index is 0.0596. The van der Waals surface area contributed by atoms with Gasteiger partial charge >= 0.3 is 0 Å². The standard InChI is InChI=1S/C21H35FN2O2/c1-20-8-7-16-14(15(20)5-6-19(20)25)4-3-13-11-18(24-26-10-9-23)17(22)12-21(13,16)2/h13-17,19,25H,3-12,23H2,1-2H3/b24-18+/t13?,14-,15-,16-,17+,19-,20-,21-/m0/s1. The van der Waals surface area contributed by atoms with E-state index in [1.165, 1.54) is 6.42 Å². The summed E-state index contributed by atoms with van der Waals surface area (Å²) >= 11 is 0. The molecule has 3 N–H and O–H groups in total. The van der Waals surface area contributed by atoms with Gasteiger partial charge in [0.15, 0.2) is 0 Å². The maximum atomic E-state index is 15.0. The van der Waals surface area contributed by atoms with Gasteiger partial charge in [0.2, 0.25) is 0 Å². The molecule has 4 aliphatic rings. The zero-order chi connectivity index (χ0) is 18.5. The molecule has 5 heteroatoms. The molecule has 148 valence electrons. The number of nitrogens with zero attached hydrogens (tertiary/aromatic N) is 1. The van der Waals surface area contributed by atoms with E-state index in [0.29, 0.717) is 49.0 Å². The highest BCUT2D eigenvalue weighted by molar-refractivity contribution is 5.89. The molecule has 4 nitrogen and oxygen atoms in total. The SMILES string of the molecule is C[C@]12CC[C@H]3[C@@H](CCC4C/C(=N\OCCN)[C@H](F)C[C@@]43C)[C@@H]1CC[C@@H]2O. The molecular formula is C21H35FN2O2. The molecule has 1 unspecified atom stereocenters. The third kappa shape index (κ3) is 2.72. The summed E-state index contributed by atoms with van der Waals surface area (Å²) < 4.78 is 15.0. The first-order chi connectivity index (χ1) is 12.4. The second-order valence-electron chi connectivity index (χ2n) is 9.87. The summed E-state index contributed by atoms with van der Waals surface area (Å²) in [5.41, 5.74) is 6.18. The number of alkyl halides is 1. The number of hydrogen-bond donors (Lipinski definition) is 2. The van der Waals surface area contributed by atoms with Crippen molar-refractivity contribution in [3.8, 4) is 0 Å². The third-order valence-electron chi connectivity index (χ3n) is 8.84. The first-order valence-electron chi connectivity index (χ1n) is 10.6. The van der Waals surface area contributed by atoms with Crippen molar-refractivity contribution < 1.29 is 14.3 Å². The molecule has 4 fully saturated rings. The molecule has 0 aromatic carbocycles. The van der Waals surface area contributed by atoms with Crippen molar-refractivity contribution in [2.24, 2.45) is 45.4 Å². The molecule has 0 amide bonds. The zero-order valence-corrected chi connectivity index (χ0v) is 16.3. The van der Waals surface area contributed by atoms with E-state index in [0.717, 1.165) is 38.5 Å². The maximum Gasteiger partial charge on any atom is 0.142 e. The van der Waals surface area contributed by atoms with Gasteiger partial charge in [-0.1, -0.05) is 19.0 Å². The predicted molar refractivity (Wildman–Crippen MR) is 100 cm³/mol. The number of nitrogens with two attached hydrogens (primary N) is 1. The molecule has 8 atom stereocenters. The Morgan fingerprint density at radius 3 is 2.69 bits per heavy atom. The van der Waals surface area contributed by atoms with Crippen LogP contribution >= 0.6 is 0 Å². The Bertz CT molecular complexity index is 570. The van der Waals surface area contributed by atoms with Gasteiger partial charge in [-0.15, -0.1) is 0 Å². The van der Waals surface area contributed by atoms with Gasteiger partial charge in [-0.25, -0.2) is 4.39 Å². The van der Waals surface area contributed by atoms with E-state index in [1.54, 1.807) is 0 Å². The lowest BCUT2D eigenvalue weighted by molar-refractivity contribution is -0.118. The van der Waals surface area contributed by atoms with E-state index >= 15 is 0 Å². The summed E-state index contributed by atoms with van der Waals surface area (Å²) in [5, 5.41) is 14.6. The Hall–Kier alpha value is -0.680. The number of hydrogen-bond acceptors (Lipinski definition) is 4. The van der Waals surface area contributed by atoms with Crippen molar-refractivity contribution in [3.05, 3.63) is 0 Å². The molecule has 0 heterocycles. The second-order valence-corrected chi connectivity index (χ2v) is 9.87. The smallest absolute Gasteiger partial charge is 0.142 e. The Balaban J connectivity index is 1.54. The molecule has 0 aromatic rings. The Morgan fingerprint density at radius 1 is 1.15 bits per heavy atom. The zero-order valence-electron chi connectivity index (χ0n) is 16.3. The summed E-state index contributed by atoms with van der Waals surface area (Å²) in [4.78, 5) is 5.19.